The van der Waals surface area contributed by atoms with Gasteiger partial charge in [0.2, 0.25) is 0 Å². The molecule has 0 bridgehead atoms. The Balaban J connectivity index is 1.33. The van der Waals surface area contributed by atoms with Gasteiger partial charge in [-0.05, 0) is 55.0 Å². The molecule has 1 heterocycles. The standard InChI is InChI=1S/C22H24ClNO5/c23-16-4-3-5-17(10-16)29-21-9-15-12-24(11-14(15)8-19(21)26)22(27)13-28-20-7-2-1-6-18(20)25/h1-7,10,14-15,19,21,25-26H,8-9,11-13H2/t14-,15+,19+,21+/m0/s1. The van der Waals surface area contributed by atoms with Gasteiger partial charge in [-0.3, -0.25) is 4.79 Å². The van der Waals surface area contributed by atoms with Crippen LogP contribution in [-0.2, 0) is 4.79 Å². The van der Waals surface area contributed by atoms with E-state index in [0.717, 1.165) is 0 Å². The average Bonchev–Trinajstić information content (AvgIpc) is 3.10. The summed E-state index contributed by atoms with van der Waals surface area (Å²) in [7, 11) is 0. The topological polar surface area (TPSA) is 79.2 Å². The van der Waals surface area contributed by atoms with E-state index in [0.29, 0.717) is 42.5 Å². The summed E-state index contributed by atoms with van der Waals surface area (Å²) in [6, 6.07) is 13.7. The number of phenols is 1. The number of aliphatic hydroxyl groups excluding tert-OH is 1. The molecule has 154 valence electrons. The first kappa shape index (κ1) is 19.9. The van der Waals surface area contributed by atoms with Gasteiger partial charge >= 0.3 is 0 Å². The number of ether oxygens (including phenoxy) is 2. The number of para-hydroxylation sites is 2. The van der Waals surface area contributed by atoms with Crippen LogP contribution in [0.1, 0.15) is 12.8 Å². The summed E-state index contributed by atoms with van der Waals surface area (Å²) in [5, 5.41) is 20.9. The highest BCUT2D eigenvalue weighted by Gasteiger charge is 2.43. The number of aromatic hydroxyl groups is 1. The third-order valence-electron chi connectivity index (χ3n) is 5.74. The van der Waals surface area contributed by atoms with Gasteiger partial charge in [-0.15, -0.1) is 0 Å². The van der Waals surface area contributed by atoms with Crippen LogP contribution in [-0.4, -0.2) is 52.9 Å². The summed E-state index contributed by atoms with van der Waals surface area (Å²) in [5.74, 6) is 1.35. The fourth-order valence-corrected chi connectivity index (χ4v) is 4.43. The Kier molecular flexibility index (Phi) is 5.83. The molecule has 6 nitrogen and oxygen atoms in total. The Hall–Kier alpha value is -2.44. The van der Waals surface area contributed by atoms with E-state index in [9.17, 15) is 15.0 Å². The lowest BCUT2D eigenvalue weighted by molar-refractivity contribution is -0.132. The van der Waals surface area contributed by atoms with E-state index in [4.69, 9.17) is 21.1 Å². The lowest BCUT2D eigenvalue weighted by atomic mass is 9.78. The monoisotopic (exact) mass is 417 g/mol. The minimum Gasteiger partial charge on any atom is -0.504 e. The van der Waals surface area contributed by atoms with E-state index in [1.807, 2.05) is 12.1 Å². The molecule has 4 atom stereocenters. The zero-order valence-corrected chi connectivity index (χ0v) is 16.7. The summed E-state index contributed by atoms with van der Waals surface area (Å²) in [5.41, 5.74) is 0. The van der Waals surface area contributed by atoms with Gasteiger partial charge in [0.25, 0.3) is 5.91 Å². The van der Waals surface area contributed by atoms with Crippen LogP contribution in [0.3, 0.4) is 0 Å². The third kappa shape index (κ3) is 4.60. The number of amides is 1. The number of rotatable bonds is 5. The van der Waals surface area contributed by atoms with E-state index >= 15 is 0 Å². The number of likely N-dealkylation sites (tertiary alicyclic amines) is 1. The third-order valence-corrected chi connectivity index (χ3v) is 5.97. The van der Waals surface area contributed by atoms with E-state index in [1.165, 1.54) is 6.07 Å². The van der Waals surface area contributed by atoms with E-state index < -0.39 is 6.10 Å². The van der Waals surface area contributed by atoms with Crippen LogP contribution in [0.5, 0.6) is 17.2 Å². The van der Waals surface area contributed by atoms with Gasteiger partial charge < -0.3 is 24.6 Å². The van der Waals surface area contributed by atoms with Gasteiger partial charge in [0.15, 0.2) is 18.1 Å². The average molecular weight is 418 g/mol. The Bertz CT molecular complexity index is 876. The molecule has 1 saturated carbocycles. The predicted octanol–water partition coefficient (Wildman–Crippen LogP) is 3.10. The summed E-state index contributed by atoms with van der Waals surface area (Å²) >= 11 is 6.01. The van der Waals surface area contributed by atoms with Crippen LogP contribution >= 0.6 is 11.6 Å². The van der Waals surface area contributed by atoms with Crippen molar-refractivity contribution in [2.45, 2.75) is 25.0 Å². The van der Waals surface area contributed by atoms with Crippen molar-refractivity contribution >= 4 is 17.5 Å². The van der Waals surface area contributed by atoms with Crippen molar-refractivity contribution in [2.24, 2.45) is 11.8 Å². The van der Waals surface area contributed by atoms with Crippen LogP contribution < -0.4 is 9.47 Å². The zero-order valence-electron chi connectivity index (χ0n) is 15.9. The Labute approximate surface area is 174 Å². The number of hydrogen-bond acceptors (Lipinski definition) is 5. The molecular formula is C22H24ClNO5. The number of halogens is 1. The smallest absolute Gasteiger partial charge is 0.260 e. The van der Waals surface area contributed by atoms with Crippen LogP contribution in [0, 0.1) is 11.8 Å². The summed E-state index contributed by atoms with van der Waals surface area (Å²) in [6.45, 7) is 1.10. The van der Waals surface area contributed by atoms with E-state index in [1.54, 1.807) is 35.2 Å². The van der Waals surface area contributed by atoms with Crippen LogP contribution in [0.2, 0.25) is 5.02 Å². The Morgan fingerprint density at radius 3 is 2.62 bits per heavy atom. The molecule has 1 aliphatic heterocycles. The predicted molar refractivity (Wildman–Crippen MR) is 108 cm³/mol. The van der Waals surface area contributed by atoms with E-state index in [-0.39, 0.29) is 36.2 Å². The summed E-state index contributed by atoms with van der Waals surface area (Å²) in [4.78, 5) is 14.4. The van der Waals surface area contributed by atoms with Gasteiger partial charge in [-0.25, -0.2) is 0 Å². The molecule has 2 aromatic rings. The first-order chi connectivity index (χ1) is 14.0. The molecule has 4 rings (SSSR count). The normalized spacial score (nSPS) is 26.1. The number of hydrogen-bond donors (Lipinski definition) is 2. The van der Waals surface area contributed by atoms with Crippen LogP contribution in [0.15, 0.2) is 48.5 Å². The highest BCUT2D eigenvalue weighted by molar-refractivity contribution is 6.30. The molecule has 0 unspecified atom stereocenters. The van der Waals surface area contributed by atoms with Crippen LogP contribution in [0.4, 0.5) is 0 Å². The minimum absolute atomic E-state index is 0.0134. The second kappa shape index (κ2) is 8.51. The zero-order chi connectivity index (χ0) is 20.4. The molecule has 2 aromatic carbocycles. The van der Waals surface area contributed by atoms with Crippen molar-refractivity contribution in [1.29, 1.82) is 0 Å². The Morgan fingerprint density at radius 1 is 1.10 bits per heavy atom. The first-order valence-electron chi connectivity index (χ1n) is 9.78. The molecule has 1 amide bonds. The van der Waals surface area contributed by atoms with Crippen molar-refractivity contribution in [3.8, 4) is 17.2 Å². The maximum absolute atomic E-state index is 12.6. The number of nitrogens with zero attached hydrogens (tertiary/aromatic N) is 1. The minimum atomic E-state index is -0.581. The molecule has 0 aromatic heterocycles. The molecule has 2 N–H and O–H groups in total. The highest BCUT2D eigenvalue weighted by Crippen LogP contribution is 2.38. The highest BCUT2D eigenvalue weighted by atomic mass is 35.5. The van der Waals surface area contributed by atoms with Gasteiger partial charge in [0.05, 0.1) is 6.10 Å². The molecular weight excluding hydrogens is 394 g/mol. The van der Waals surface area contributed by atoms with Gasteiger partial charge in [-0.2, -0.15) is 0 Å². The number of benzene rings is 2. The maximum Gasteiger partial charge on any atom is 0.260 e. The van der Waals surface area contributed by atoms with Crippen molar-refractivity contribution in [2.75, 3.05) is 19.7 Å². The van der Waals surface area contributed by atoms with Gasteiger partial charge in [0.1, 0.15) is 11.9 Å². The van der Waals surface area contributed by atoms with Crippen molar-refractivity contribution in [3.63, 3.8) is 0 Å². The molecule has 1 saturated heterocycles. The molecule has 29 heavy (non-hydrogen) atoms. The van der Waals surface area contributed by atoms with Crippen molar-refractivity contribution in [1.82, 2.24) is 4.90 Å². The number of phenolic OH excluding ortho intramolecular Hbond substituents is 1. The quantitative estimate of drug-likeness (QED) is 0.781. The molecule has 0 radical (unpaired) electrons. The SMILES string of the molecule is O=C(COc1ccccc1O)N1C[C@H]2C[C@@H](Oc3cccc(Cl)c3)[C@H](O)C[C@H]2C1. The van der Waals surface area contributed by atoms with E-state index in [2.05, 4.69) is 0 Å². The van der Waals surface area contributed by atoms with Gasteiger partial charge in [0, 0.05) is 18.1 Å². The number of carbonyl (C=O) groups is 1. The lowest BCUT2D eigenvalue weighted by Gasteiger charge is -2.35. The molecule has 2 aliphatic rings. The largest absolute Gasteiger partial charge is 0.504 e. The summed E-state index contributed by atoms with van der Waals surface area (Å²) < 4.78 is 11.4. The molecule has 0 spiro atoms. The number of aliphatic hydroxyl groups is 1. The van der Waals surface area contributed by atoms with Crippen molar-refractivity contribution in [3.05, 3.63) is 53.6 Å². The number of fused-ring (bicyclic) bond motifs is 1. The van der Waals surface area contributed by atoms with Crippen LogP contribution in [0.25, 0.3) is 0 Å². The fraction of sp³-hybridized carbons (Fsp3) is 0.409. The molecule has 2 fully saturated rings. The molecule has 7 heteroatoms. The number of carbonyl (C=O) groups excluding carboxylic acids is 1. The first-order valence-corrected chi connectivity index (χ1v) is 10.2. The molecule has 1 aliphatic carbocycles. The summed E-state index contributed by atoms with van der Waals surface area (Å²) in [6.07, 6.45) is 0.382. The van der Waals surface area contributed by atoms with Crippen molar-refractivity contribution < 1.29 is 24.5 Å². The fourth-order valence-electron chi connectivity index (χ4n) is 4.25. The second-order valence-electron chi connectivity index (χ2n) is 7.73. The second-order valence-corrected chi connectivity index (χ2v) is 8.16. The maximum atomic E-state index is 12.6. The Morgan fingerprint density at radius 2 is 1.86 bits per heavy atom. The lowest BCUT2D eigenvalue weighted by Crippen LogP contribution is -2.42. The van der Waals surface area contributed by atoms with Gasteiger partial charge in [-0.1, -0.05) is 29.8 Å².